The molecule has 0 saturated carbocycles. The fraction of sp³-hybridized carbons (Fsp3) is 0.444. The average molecular weight is 196 g/mol. The number of ether oxygens (including phenoxy) is 1. The monoisotopic (exact) mass is 196 g/mol. The van der Waals surface area contributed by atoms with Crippen molar-refractivity contribution in [2.75, 3.05) is 7.11 Å². The lowest BCUT2D eigenvalue weighted by molar-refractivity contribution is 0.0690. The Morgan fingerprint density at radius 1 is 1.57 bits per heavy atom. The summed E-state index contributed by atoms with van der Waals surface area (Å²) < 4.78 is 4.84. The summed E-state index contributed by atoms with van der Waals surface area (Å²) in [5.41, 5.74) is 0.724. The van der Waals surface area contributed by atoms with Crippen molar-refractivity contribution in [2.24, 2.45) is 0 Å². The molecule has 0 radical (unpaired) electrons. The summed E-state index contributed by atoms with van der Waals surface area (Å²) in [7, 11) is 1.38. The SMILES string of the molecule is COc1nncc(C(C)C)c1C(=O)O. The number of hydrogen-bond acceptors (Lipinski definition) is 4. The van der Waals surface area contributed by atoms with Gasteiger partial charge < -0.3 is 9.84 Å². The summed E-state index contributed by atoms with van der Waals surface area (Å²) in [6.07, 6.45) is 1.46. The molecule has 1 heterocycles. The van der Waals surface area contributed by atoms with Crippen LogP contribution in [0.25, 0.3) is 0 Å². The van der Waals surface area contributed by atoms with Crippen molar-refractivity contribution in [1.82, 2.24) is 10.2 Å². The van der Waals surface area contributed by atoms with Gasteiger partial charge >= 0.3 is 5.97 Å². The number of hydrogen-bond donors (Lipinski definition) is 1. The maximum atomic E-state index is 11.0. The van der Waals surface area contributed by atoms with Gasteiger partial charge in [0.1, 0.15) is 5.56 Å². The molecule has 0 amide bonds. The Hall–Kier alpha value is -1.65. The van der Waals surface area contributed by atoms with Crippen LogP contribution in [0.3, 0.4) is 0 Å². The van der Waals surface area contributed by atoms with E-state index in [9.17, 15) is 4.79 Å². The summed E-state index contributed by atoms with van der Waals surface area (Å²) >= 11 is 0. The number of nitrogens with zero attached hydrogens (tertiary/aromatic N) is 2. The van der Waals surface area contributed by atoms with Crippen molar-refractivity contribution in [1.29, 1.82) is 0 Å². The highest BCUT2D eigenvalue weighted by molar-refractivity contribution is 5.91. The minimum absolute atomic E-state index is 0.0590. The minimum atomic E-state index is -1.04. The van der Waals surface area contributed by atoms with Crippen LogP contribution >= 0.6 is 0 Å². The van der Waals surface area contributed by atoms with E-state index in [1.807, 2.05) is 13.8 Å². The summed E-state index contributed by atoms with van der Waals surface area (Å²) in [5.74, 6) is -0.908. The van der Waals surface area contributed by atoms with Crippen molar-refractivity contribution >= 4 is 5.97 Å². The van der Waals surface area contributed by atoms with Gasteiger partial charge in [0, 0.05) is 0 Å². The Kier molecular flexibility index (Phi) is 3.01. The van der Waals surface area contributed by atoms with Crippen LogP contribution < -0.4 is 4.74 Å². The van der Waals surface area contributed by atoms with Gasteiger partial charge in [0.2, 0.25) is 5.88 Å². The Labute approximate surface area is 81.7 Å². The summed E-state index contributed by atoms with van der Waals surface area (Å²) in [6.45, 7) is 3.78. The number of aromatic carboxylic acids is 1. The van der Waals surface area contributed by atoms with Crippen molar-refractivity contribution in [3.05, 3.63) is 17.3 Å². The van der Waals surface area contributed by atoms with Gasteiger partial charge in [0.25, 0.3) is 0 Å². The third-order valence-corrected chi connectivity index (χ3v) is 1.88. The van der Waals surface area contributed by atoms with Crippen LogP contribution in [0.4, 0.5) is 0 Å². The van der Waals surface area contributed by atoms with Gasteiger partial charge in [-0.3, -0.25) is 0 Å². The first-order chi connectivity index (χ1) is 6.57. The first-order valence-electron chi connectivity index (χ1n) is 4.20. The van der Waals surface area contributed by atoms with E-state index in [0.717, 1.165) is 0 Å². The minimum Gasteiger partial charge on any atom is -0.479 e. The number of methoxy groups -OCH3 is 1. The Morgan fingerprint density at radius 2 is 2.21 bits per heavy atom. The molecule has 5 nitrogen and oxygen atoms in total. The molecule has 0 aliphatic carbocycles. The van der Waals surface area contributed by atoms with Crippen molar-refractivity contribution < 1.29 is 14.6 Å². The summed E-state index contributed by atoms with van der Waals surface area (Å²) in [4.78, 5) is 11.0. The van der Waals surface area contributed by atoms with Crippen molar-refractivity contribution in [2.45, 2.75) is 19.8 Å². The van der Waals surface area contributed by atoms with Crippen LogP contribution in [0.1, 0.15) is 35.7 Å². The topological polar surface area (TPSA) is 72.3 Å². The number of aromatic nitrogens is 2. The van der Waals surface area contributed by atoms with E-state index in [1.165, 1.54) is 13.3 Å². The third-order valence-electron chi connectivity index (χ3n) is 1.88. The highest BCUT2D eigenvalue weighted by Gasteiger charge is 2.19. The lowest BCUT2D eigenvalue weighted by atomic mass is 10.0. The van der Waals surface area contributed by atoms with Crippen molar-refractivity contribution in [3.8, 4) is 5.88 Å². The molecule has 0 aliphatic heterocycles. The van der Waals surface area contributed by atoms with Crippen LogP contribution in [-0.2, 0) is 0 Å². The largest absolute Gasteiger partial charge is 0.479 e. The first kappa shape index (κ1) is 10.4. The molecule has 5 heteroatoms. The number of rotatable bonds is 3. The van der Waals surface area contributed by atoms with Crippen molar-refractivity contribution in [3.63, 3.8) is 0 Å². The second-order valence-electron chi connectivity index (χ2n) is 3.14. The number of carboxylic acid groups (broad SMARTS) is 1. The molecule has 0 fully saturated rings. The maximum absolute atomic E-state index is 11.0. The normalized spacial score (nSPS) is 10.3. The fourth-order valence-corrected chi connectivity index (χ4v) is 1.18. The molecule has 0 aliphatic rings. The van der Waals surface area contributed by atoms with Gasteiger partial charge in [-0.15, -0.1) is 5.10 Å². The van der Waals surface area contributed by atoms with E-state index in [2.05, 4.69) is 10.2 Å². The molecular weight excluding hydrogens is 184 g/mol. The maximum Gasteiger partial charge on any atom is 0.341 e. The Morgan fingerprint density at radius 3 is 2.64 bits per heavy atom. The molecule has 0 aromatic carbocycles. The van der Waals surface area contributed by atoms with Crippen LogP contribution in [0.5, 0.6) is 5.88 Å². The zero-order valence-electron chi connectivity index (χ0n) is 8.31. The molecule has 1 rings (SSSR count). The smallest absolute Gasteiger partial charge is 0.341 e. The summed E-state index contributed by atoms with van der Waals surface area (Å²) in [5, 5.41) is 16.3. The fourth-order valence-electron chi connectivity index (χ4n) is 1.18. The average Bonchev–Trinajstić information content (AvgIpc) is 2.16. The van der Waals surface area contributed by atoms with Gasteiger partial charge in [-0.2, -0.15) is 5.10 Å². The van der Waals surface area contributed by atoms with Crippen LogP contribution in [0, 0.1) is 0 Å². The van der Waals surface area contributed by atoms with Crippen LogP contribution in [0.2, 0.25) is 0 Å². The Balaban J connectivity index is 3.35. The van der Waals surface area contributed by atoms with Crippen LogP contribution in [0.15, 0.2) is 6.20 Å². The molecular formula is C9H12N2O3. The Bertz CT molecular complexity index is 350. The molecule has 0 saturated heterocycles. The van der Waals surface area contributed by atoms with E-state index >= 15 is 0 Å². The highest BCUT2D eigenvalue weighted by Crippen LogP contribution is 2.24. The quantitative estimate of drug-likeness (QED) is 0.788. The number of carbonyl (C=O) groups is 1. The van der Waals surface area contributed by atoms with Gasteiger partial charge in [0.15, 0.2) is 0 Å². The molecule has 1 aromatic rings. The molecule has 1 aromatic heterocycles. The zero-order chi connectivity index (χ0) is 10.7. The van der Waals surface area contributed by atoms with E-state index in [1.54, 1.807) is 0 Å². The molecule has 14 heavy (non-hydrogen) atoms. The molecule has 0 unspecified atom stereocenters. The third kappa shape index (κ3) is 1.81. The van der Waals surface area contributed by atoms with E-state index in [0.29, 0.717) is 5.56 Å². The summed E-state index contributed by atoms with van der Waals surface area (Å²) in [6, 6.07) is 0. The molecule has 0 bridgehead atoms. The molecule has 76 valence electrons. The van der Waals surface area contributed by atoms with E-state index < -0.39 is 5.97 Å². The molecule has 1 N–H and O–H groups in total. The molecule has 0 atom stereocenters. The predicted molar refractivity (Wildman–Crippen MR) is 49.6 cm³/mol. The van der Waals surface area contributed by atoms with Gasteiger partial charge in [-0.1, -0.05) is 13.8 Å². The van der Waals surface area contributed by atoms with Crippen LogP contribution in [-0.4, -0.2) is 28.4 Å². The lowest BCUT2D eigenvalue weighted by Gasteiger charge is -2.10. The second-order valence-corrected chi connectivity index (χ2v) is 3.14. The highest BCUT2D eigenvalue weighted by atomic mass is 16.5. The standard InChI is InChI=1S/C9H12N2O3/c1-5(2)6-4-10-11-8(14-3)7(6)9(12)13/h4-5H,1-3H3,(H,12,13). The van der Waals surface area contributed by atoms with E-state index in [4.69, 9.17) is 9.84 Å². The van der Waals surface area contributed by atoms with E-state index in [-0.39, 0.29) is 17.4 Å². The van der Waals surface area contributed by atoms with Gasteiger partial charge in [-0.05, 0) is 11.5 Å². The zero-order valence-corrected chi connectivity index (χ0v) is 8.31. The van der Waals surface area contributed by atoms with Gasteiger partial charge in [-0.25, -0.2) is 4.79 Å². The molecule has 0 spiro atoms. The first-order valence-corrected chi connectivity index (χ1v) is 4.20. The number of carboxylic acids is 1. The van der Waals surface area contributed by atoms with Gasteiger partial charge in [0.05, 0.1) is 13.3 Å². The lowest BCUT2D eigenvalue weighted by Crippen LogP contribution is -2.09. The second kappa shape index (κ2) is 4.04. The predicted octanol–water partition coefficient (Wildman–Crippen LogP) is 1.31.